The van der Waals surface area contributed by atoms with Crippen molar-refractivity contribution in [3.63, 3.8) is 0 Å². The molecule has 146 valence electrons. The van der Waals surface area contributed by atoms with Gasteiger partial charge in [0.05, 0.1) is 6.42 Å². The van der Waals surface area contributed by atoms with E-state index in [0.29, 0.717) is 11.9 Å². The van der Waals surface area contributed by atoms with Gasteiger partial charge in [-0.3, -0.25) is 14.7 Å². The maximum atomic E-state index is 13.1. The number of carbonyl (C=O) groups excluding carboxylic acids is 1. The molecule has 2 saturated carbocycles. The van der Waals surface area contributed by atoms with Crippen LogP contribution in [0.3, 0.4) is 0 Å². The first kappa shape index (κ1) is 18.3. The highest BCUT2D eigenvalue weighted by atomic mass is 19.1. The van der Waals surface area contributed by atoms with Crippen molar-refractivity contribution in [2.45, 2.75) is 76.4 Å². The summed E-state index contributed by atoms with van der Waals surface area (Å²) in [5.41, 5.74) is 2.25. The Balaban J connectivity index is 1.67. The molecule has 0 bridgehead atoms. The summed E-state index contributed by atoms with van der Waals surface area (Å²) in [6.45, 7) is 2.76. The first-order valence-corrected chi connectivity index (χ1v) is 9.92. The molecule has 0 aliphatic heterocycles. The van der Waals surface area contributed by atoms with Crippen LogP contribution in [0.1, 0.15) is 75.1 Å². The summed E-state index contributed by atoms with van der Waals surface area (Å²) in [6, 6.07) is 2.37. The summed E-state index contributed by atoms with van der Waals surface area (Å²) in [5, 5.41) is 12.9. The van der Waals surface area contributed by atoms with Crippen molar-refractivity contribution in [3.8, 4) is 0 Å². The van der Waals surface area contributed by atoms with Crippen LogP contribution in [0.25, 0.3) is 11.2 Å². The van der Waals surface area contributed by atoms with Crippen molar-refractivity contribution in [2.75, 3.05) is 12.0 Å². The number of nitrogens with one attached hydrogen (secondary N) is 1. The van der Waals surface area contributed by atoms with Crippen molar-refractivity contribution >= 4 is 23.0 Å². The van der Waals surface area contributed by atoms with Gasteiger partial charge in [0.1, 0.15) is 17.8 Å². The van der Waals surface area contributed by atoms with Crippen molar-refractivity contribution in [1.82, 2.24) is 14.5 Å². The van der Waals surface area contributed by atoms with E-state index in [2.05, 4.69) is 16.4 Å². The van der Waals surface area contributed by atoms with Crippen LogP contribution in [-0.4, -0.2) is 37.8 Å². The smallest absolute Gasteiger partial charge is 0.229 e. The van der Waals surface area contributed by atoms with Crippen LogP contribution < -0.4 is 5.32 Å². The number of aliphatic hydroxyl groups is 1. The fraction of sp³-hybridized carbons (Fsp3) is 0.650. The molecule has 7 heteroatoms. The molecule has 0 spiro atoms. The number of nitrogens with zero attached hydrogens (tertiary/aromatic N) is 3. The van der Waals surface area contributed by atoms with E-state index >= 15 is 0 Å². The number of fused-ring (bicyclic) bond motifs is 1. The van der Waals surface area contributed by atoms with Crippen LogP contribution in [0.2, 0.25) is 0 Å². The quantitative estimate of drug-likeness (QED) is 0.773. The zero-order chi connectivity index (χ0) is 19.2. The number of imidazole rings is 1. The lowest BCUT2D eigenvalue weighted by Gasteiger charge is -2.29. The Morgan fingerprint density at radius 2 is 2.11 bits per heavy atom. The number of anilines is 1. The second-order valence-corrected chi connectivity index (χ2v) is 8.11. The maximum Gasteiger partial charge on any atom is 0.229 e. The molecular weight excluding hydrogens is 347 g/mol. The highest BCUT2D eigenvalue weighted by Gasteiger charge is 2.32. The van der Waals surface area contributed by atoms with Crippen molar-refractivity contribution < 1.29 is 14.3 Å². The van der Waals surface area contributed by atoms with Crippen LogP contribution in [-0.2, 0) is 4.79 Å². The fourth-order valence-electron chi connectivity index (χ4n) is 3.75. The third kappa shape index (κ3) is 3.45. The van der Waals surface area contributed by atoms with E-state index in [9.17, 15) is 14.3 Å². The Kier molecular flexibility index (Phi) is 4.66. The third-order valence-corrected chi connectivity index (χ3v) is 6.00. The zero-order valence-electron chi connectivity index (χ0n) is 16.0. The standard InChI is InChI=1S/C20H27FN4O2/c1-3-20(27,11-21)10-17(26)24-19-23-16-9-15(13-7-8-13)12(2)22-18(16)25(19)14-5-4-6-14/h9,13-14,27H,3-8,10-11H2,1-2H3,(H,23,24,26). The van der Waals surface area contributed by atoms with Gasteiger partial charge in [-0.1, -0.05) is 6.92 Å². The number of hydrogen-bond donors (Lipinski definition) is 2. The SMILES string of the molecule is CCC(O)(CF)CC(=O)Nc1nc2cc(C3CC3)c(C)nc2n1C1CCC1. The number of rotatable bonds is 7. The Hall–Kier alpha value is -2.02. The molecular formula is C20H27FN4O2. The number of carbonyl (C=O) groups is 1. The normalized spacial score (nSPS) is 19.7. The van der Waals surface area contributed by atoms with E-state index in [1.54, 1.807) is 6.92 Å². The van der Waals surface area contributed by atoms with Crippen molar-refractivity contribution in [1.29, 1.82) is 0 Å². The van der Waals surface area contributed by atoms with Crippen molar-refractivity contribution in [3.05, 3.63) is 17.3 Å². The molecule has 6 nitrogen and oxygen atoms in total. The van der Waals surface area contributed by atoms with E-state index in [1.807, 2.05) is 11.5 Å². The molecule has 2 aromatic heterocycles. The first-order chi connectivity index (χ1) is 12.9. The second-order valence-electron chi connectivity index (χ2n) is 8.11. The summed E-state index contributed by atoms with van der Waals surface area (Å²) < 4.78 is 15.1. The highest BCUT2D eigenvalue weighted by Crippen LogP contribution is 2.43. The summed E-state index contributed by atoms with van der Waals surface area (Å²) >= 11 is 0. The predicted molar refractivity (Wildman–Crippen MR) is 102 cm³/mol. The Morgan fingerprint density at radius 1 is 1.37 bits per heavy atom. The van der Waals surface area contributed by atoms with Gasteiger partial charge in [-0.2, -0.15) is 0 Å². The molecule has 1 atom stereocenters. The molecule has 2 N–H and O–H groups in total. The average Bonchev–Trinajstić information content (AvgIpc) is 3.38. The third-order valence-electron chi connectivity index (χ3n) is 6.00. The molecule has 1 amide bonds. The number of hydrogen-bond acceptors (Lipinski definition) is 4. The number of aryl methyl sites for hydroxylation is 1. The van der Waals surface area contributed by atoms with Crippen LogP contribution in [0.5, 0.6) is 0 Å². The van der Waals surface area contributed by atoms with Gasteiger partial charge in [-0.25, -0.2) is 14.4 Å². The van der Waals surface area contributed by atoms with Crippen LogP contribution in [0, 0.1) is 6.92 Å². The minimum Gasteiger partial charge on any atom is -0.387 e. The number of alkyl halides is 1. The summed E-state index contributed by atoms with van der Waals surface area (Å²) in [6.07, 6.45) is 5.49. The average molecular weight is 374 g/mol. The lowest BCUT2D eigenvalue weighted by Crippen LogP contribution is -2.36. The molecule has 2 aromatic rings. The monoisotopic (exact) mass is 374 g/mol. The predicted octanol–water partition coefficient (Wildman–Crippen LogP) is 3.78. The van der Waals surface area contributed by atoms with Gasteiger partial charge in [0, 0.05) is 11.7 Å². The molecule has 2 aliphatic carbocycles. The van der Waals surface area contributed by atoms with Gasteiger partial charge in [0.25, 0.3) is 0 Å². The lowest BCUT2D eigenvalue weighted by molar-refractivity contribution is -0.122. The molecule has 1 unspecified atom stereocenters. The number of halogens is 1. The van der Waals surface area contributed by atoms with E-state index < -0.39 is 18.2 Å². The second kappa shape index (κ2) is 6.86. The molecule has 2 heterocycles. The number of amides is 1. The molecule has 2 aliphatic rings. The molecule has 27 heavy (non-hydrogen) atoms. The van der Waals surface area contributed by atoms with Crippen LogP contribution in [0.4, 0.5) is 10.3 Å². The van der Waals surface area contributed by atoms with E-state index in [4.69, 9.17) is 4.98 Å². The molecule has 0 saturated heterocycles. The van der Waals surface area contributed by atoms with Gasteiger partial charge >= 0.3 is 0 Å². The Bertz CT molecular complexity index is 866. The minimum atomic E-state index is -1.62. The zero-order valence-corrected chi connectivity index (χ0v) is 16.0. The van der Waals surface area contributed by atoms with Crippen LogP contribution in [0.15, 0.2) is 6.07 Å². The molecule has 0 radical (unpaired) electrons. The summed E-state index contributed by atoms with van der Waals surface area (Å²) in [4.78, 5) is 21.9. The van der Waals surface area contributed by atoms with E-state index in [0.717, 1.165) is 36.1 Å². The topological polar surface area (TPSA) is 80.0 Å². The maximum absolute atomic E-state index is 13.1. The summed E-state index contributed by atoms with van der Waals surface area (Å²) in [5.74, 6) is 0.613. The number of aromatic nitrogens is 3. The van der Waals surface area contributed by atoms with E-state index in [1.165, 1.54) is 18.4 Å². The van der Waals surface area contributed by atoms with Gasteiger partial charge < -0.3 is 5.11 Å². The highest BCUT2D eigenvalue weighted by molar-refractivity contribution is 5.91. The van der Waals surface area contributed by atoms with Gasteiger partial charge in [-0.05, 0) is 63.0 Å². The van der Waals surface area contributed by atoms with Gasteiger partial charge in [0.2, 0.25) is 11.9 Å². The van der Waals surface area contributed by atoms with Gasteiger partial charge in [-0.15, -0.1) is 0 Å². The Morgan fingerprint density at radius 3 is 2.67 bits per heavy atom. The molecule has 2 fully saturated rings. The minimum absolute atomic E-state index is 0.182. The molecule has 4 rings (SSSR count). The van der Waals surface area contributed by atoms with E-state index in [-0.39, 0.29) is 18.9 Å². The Labute approximate surface area is 158 Å². The largest absolute Gasteiger partial charge is 0.387 e. The lowest BCUT2D eigenvalue weighted by atomic mass is 9.93. The molecule has 0 aromatic carbocycles. The van der Waals surface area contributed by atoms with Crippen LogP contribution >= 0.6 is 0 Å². The fourth-order valence-corrected chi connectivity index (χ4v) is 3.75. The number of pyridine rings is 1. The summed E-state index contributed by atoms with van der Waals surface area (Å²) in [7, 11) is 0. The van der Waals surface area contributed by atoms with Crippen molar-refractivity contribution in [2.24, 2.45) is 0 Å². The van der Waals surface area contributed by atoms with Gasteiger partial charge in [0.15, 0.2) is 5.65 Å². The first-order valence-electron chi connectivity index (χ1n) is 9.92.